The largest absolute Gasteiger partial charge is 0.462 e. The molecule has 0 heterocycles. The summed E-state index contributed by atoms with van der Waals surface area (Å²) in [6.07, 6.45) is 65.8. The van der Waals surface area contributed by atoms with Crippen LogP contribution in [0.15, 0.2) is 36.5 Å². The lowest BCUT2D eigenvalue weighted by atomic mass is 10.0. The molecular weight excluding hydrogens is 817 g/mol. The number of unbranched alkanes of at least 4 members (excludes halogenated alkanes) is 36. The monoisotopic (exact) mass is 927 g/mol. The predicted molar refractivity (Wildman–Crippen MR) is 284 cm³/mol. The van der Waals surface area contributed by atoms with Crippen molar-refractivity contribution < 1.29 is 28.6 Å². The van der Waals surface area contributed by atoms with E-state index in [1.165, 1.54) is 193 Å². The van der Waals surface area contributed by atoms with Crippen molar-refractivity contribution in [3.8, 4) is 0 Å². The highest BCUT2D eigenvalue weighted by Crippen LogP contribution is 2.16. The van der Waals surface area contributed by atoms with Crippen LogP contribution in [0, 0.1) is 0 Å². The third-order valence-corrected chi connectivity index (χ3v) is 12.8. The Morgan fingerprint density at radius 2 is 0.515 bits per heavy atom. The summed E-state index contributed by atoms with van der Waals surface area (Å²) in [6, 6.07) is 0. The predicted octanol–water partition coefficient (Wildman–Crippen LogP) is 19.3. The highest BCUT2D eigenvalue weighted by Gasteiger charge is 2.19. The molecule has 0 rings (SSSR count). The van der Waals surface area contributed by atoms with Crippen LogP contribution in [0.25, 0.3) is 0 Å². The molecule has 6 nitrogen and oxygen atoms in total. The van der Waals surface area contributed by atoms with Crippen molar-refractivity contribution in [3.63, 3.8) is 0 Å². The zero-order valence-electron chi connectivity index (χ0n) is 44.2. The first kappa shape index (κ1) is 63.6. The van der Waals surface area contributed by atoms with Gasteiger partial charge in [-0.05, 0) is 89.9 Å². The Balaban J connectivity index is 4.17. The molecule has 386 valence electrons. The quantitative estimate of drug-likeness (QED) is 0.0262. The summed E-state index contributed by atoms with van der Waals surface area (Å²) >= 11 is 0. The summed E-state index contributed by atoms with van der Waals surface area (Å²) in [4.78, 5) is 38.0. The van der Waals surface area contributed by atoms with Crippen LogP contribution in [0.2, 0.25) is 0 Å². The second-order valence-corrected chi connectivity index (χ2v) is 19.5. The van der Waals surface area contributed by atoms with Gasteiger partial charge in [0.1, 0.15) is 13.2 Å². The molecule has 0 bridgehead atoms. The molecule has 0 aliphatic carbocycles. The van der Waals surface area contributed by atoms with E-state index in [4.69, 9.17) is 14.2 Å². The van der Waals surface area contributed by atoms with E-state index in [2.05, 4.69) is 57.2 Å². The fourth-order valence-corrected chi connectivity index (χ4v) is 8.41. The summed E-state index contributed by atoms with van der Waals surface area (Å²) in [5.74, 6) is -0.883. The van der Waals surface area contributed by atoms with Gasteiger partial charge in [0.05, 0.1) is 0 Å². The third-order valence-electron chi connectivity index (χ3n) is 12.8. The molecule has 0 aliphatic rings. The van der Waals surface area contributed by atoms with Gasteiger partial charge in [-0.25, -0.2) is 0 Å². The summed E-state index contributed by atoms with van der Waals surface area (Å²) in [6.45, 7) is 6.59. The number of carbonyl (C=O) groups excluding carboxylic acids is 3. The Bertz CT molecular complexity index is 1110. The number of rotatable bonds is 53. The Hall–Kier alpha value is -2.37. The van der Waals surface area contributed by atoms with Gasteiger partial charge in [0, 0.05) is 19.3 Å². The Morgan fingerprint density at radius 3 is 0.833 bits per heavy atom. The molecular formula is C60H110O6. The van der Waals surface area contributed by atoms with E-state index >= 15 is 0 Å². The number of ether oxygens (including phenoxy) is 3. The first-order valence-electron chi connectivity index (χ1n) is 29.0. The maximum absolute atomic E-state index is 12.8. The molecule has 0 radical (unpaired) electrons. The zero-order valence-corrected chi connectivity index (χ0v) is 44.2. The maximum Gasteiger partial charge on any atom is 0.306 e. The minimum Gasteiger partial charge on any atom is -0.462 e. The van der Waals surface area contributed by atoms with Crippen LogP contribution in [-0.2, 0) is 28.6 Å². The van der Waals surface area contributed by atoms with Crippen molar-refractivity contribution in [2.75, 3.05) is 13.2 Å². The highest BCUT2D eigenvalue weighted by molar-refractivity contribution is 5.71. The molecule has 0 spiro atoms. The molecule has 0 saturated heterocycles. The molecule has 0 aromatic heterocycles. The van der Waals surface area contributed by atoms with Gasteiger partial charge in [0.25, 0.3) is 0 Å². The lowest BCUT2D eigenvalue weighted by Gasteiger charge is -2.18. The van der Waals surface area contributed by atoms with Gasteiger partial charge in [-0.2, -0.15) is 0 Å². The van der Waals surface area contributed by atoms with Crippen molar-refractivity contribution in [2.24, 2.45) is 0 Å². The SMILES string of the molecule is CCCC/C=C\CCCCCCCC(=O)OCC(COC(=O)CCCCCCCCCCCCCCC/C=C\CCCCCCCCCC)OC(=O)CCCCCCC/C=C\CCCCC. The lowest BCUT2D eigenvalue weighted by molar-refractivity contribution is -0.167. The molecule has 6 heteroatoms. The van der Waals surface area contributed by atoms with Gasteiger partial charge >= 0.3 is 17.9 Å². The lowest BCUT2D eigenvalue weighted by Crippen LogP contribution is -2.30. The normalized spacial score (nSPS) is 12.2. The van der Waals surface area contributed by atoms with Crippen LogP contribution in [0.1, 0.15) is 310 Å². The van der Waals surface area contributed by atoms with Gasteiger partial charge in [-0.1, -0.05) is 237 Å². The fraction of sp³-hybridized carbons (Fsp3) is 0.850. The van der Waals surface area contributed by atoms with Crippen LogP contribution in [-0.4, -0.2) is 37.2 Å². The van der Waals surface area contributed by atoms with E-state index in [0.717, 1.165) is 77.0 Å². The molecule has 0 amide bonds. The van der Waals surface area contributed by atoms with E-state index in [1.807, 2.05) is 0 Å². The van der Waals surface area contributed by atoms with Gasteiger partial charge in [-0.15, -0.1) is 0 Å². The maximum atomic E-state index is 12.8. The first-order chi connectivity index (χ1) is 32.5. The summed E-state index contributed by atoms with van der Waals surface area (Å²) in [5, 5.41) is 0. The minimum atomic E-state index is -0.776. The van der Waals surface area contributed by atoms with Crippen LogP contribution < -0.4 is 0 Å². The van der Waals surface area contributed by atoms with E-state index in [0.29, 0.717) is 19.3 Å². The average molecular weight is 928 g/mol. The first-order valence-corrected chi connectivity index (χ1v) is 29.0. The Morgan fingerprint density at radius 1 is 0.288 bits per heavy atom. The van der Waals surface area contributed by atoms with Crippen molar-refractivity contribution in [1.29, 1.82) is 0 Å². The third kappa shape index (κ3) is 52.6. The van der Waals surface area contributed by atoms with Crippen molar-refractivity contribution in [3.05, 3.63) is 36.5 Å². The van der Waals surface area contributed by atoms with Gasteiger partial charge in [-0.3, -0.25) is 14.4 Å². The number of hydrogen-bond acceptors (Lipinski definition) is 6. The molecule has 1 atom stereocenters. The smallest absolute Gasteiger partial charge is 0.306 e. The standard InChI is InChI=1S/C60H110O6/c1-4-7-10-13-16-19-22-24-25-26-27-28-29-30-31-32-33-34-35-36-39-41-44-47-50-53-59(62)65-56-57(55-64-58(61)52-49-46-43-40-37-21-18-15-12-9-6-3)66-60(63)54-51-48-45-42-38-23-20-17-14-11-8-5-2/h15,17-18,20,26-27,57H,4-14,16,19,21-25,28-56H2,1-3H3/b18-15-,20-17-,27-26-. The molecule has 0 aliphatic heterocycles. The number of allylic oxidation sites excluding steroid dienone is 6. The topological polar surface area (TPSA) is 78.9 Å². The van der Waals surface area contributed by atoms with Crippen molar-refractivity contribution >= 4 is 17.9 Å². The second kappa shape index (κ2) is 55.2. The van der Waals surface area contributed by atoms with E-state index in [-0.39, 0.29) is 31.1 Å². The zero-order chi connectivity index (χ0) is 47.9. The van der Waals surface area contributed by atoms with E-state index in [1.54, 1.807) is 0 Å². The van der Waals surface area contributed by atoms with E-state index in [9.17, 15) is 14.4 Å². The highest BCUT2D eigenvalue weighted by atomic mass is 16.6. The summed E-state index contributed by atoms with van der Waals surface area (Å²) < 4.78 is 16.8. The van der Waals surface area contributed by atoms with Crippen LogP contribution in [0.5, 0.6) is 0 Å². The van der Waals surface area contributed by atoms with Gasteiger partial charge in [0.2, 0.25) is 0 Å². The molecule has 66 heavy (non-hydrogen) atoms. The van der Waals surface area contributed by atoms with Gasteiger partial charge < -0.3 is 14.2 Å². The van der Waals surface area contributed by atoms with Gasteiger partial charge in [0.15, 0.2) is 6.10 Å². The Labute approximate surface area is 410 Å². The molecule has 0 aromatic carbocycles. The summed E-state index contributed by atoms with van der Waals surface area (Å²) in [5.41, 5.74) is 0. The molecule has 0 saturated carbocycles. The fourth-order valence-electron chi connectivity index (χ4n) is 8.41. The number of hydrogen-bond donors (Lipinski definition) is 0. The summed E-state index contributed by atoms with van der Waals surface area (Å²) in [7, 11) is 0. The number of esters is 3. The molecule has 1 unspecified atom stereocenters. The average Bonchev–Trinajstić information content (AvgIpc) is 3.31. The molecule has 0 N–H and O–H groups in total. The molecule has 0 fully saturated rings. The molecule has 0 aromatic rings. The van der Waals surface area contributed by atoms with Crippen molar-refractivity contribution in [2.45, 2.75) is 316 Å². The van der Waals surface area contributed by atoms with Crippen LogP contribution >= 0.6 is 0 Å². The van der Waals surface area contributed by atoms with Crippen LogP contribution in [0.4, 0.5) is 0 Å². The minimum absolute atomic E-state index is 0.0759. The Kier molecular flexibility index (Phi) is 53.2. The van der Waals surface area contributed by atoms with E-state index < -0.39 is 6.10 Å². The second-order valence-electron chi connectivity index (χ2n) is 19.5. The van der Waals surface area contributed by atoms with Crippen molar-refractivity contribution in [1.82, 2.24) is 0 Å². The van der Waals surface area contributed by atoms with Crippen LogP contribution in [0.3, 0.4) is 0 Å². The number of carbonyl (C=O) groups is 3.